The van der Waals surface area contributed by atoms with Crippen molar-refractivity contribution in [3.8, 4) is 0 Å². The third-order valence-electron chi connectivity index (χ3n) is 1.70. The van der Waals surface area contributed by atoms with Crippen LogP contribution in [0.2, 0.25) is 0 Å². The summed E-state index contributed by atoms with van der Waals surface area (Å²) in [6, 6.07) is 4.93. The summed E-state index contributed by atoms with van der Waals surface area (Å²) in [5.74, 6) is -0.254. The van der Waals surface area contributed by atoms with Crippen molar-refractivity contribution >= 4 is 21.6 Å². The van der Waals surface area contributed by atoms with Gasteiger partial charge in [-0.05, 0) is 25.1 Å². The Bertz CT molecular complexity index is 293. The van der Waals surface area contributed by atoms with Crippen molar-refractivity contribution in [2.75, 3.05) is 25.1 Å². The van der Waals surface area contributed by atoms with Crippen molar-refractivity contribution < 1.29 is 9.13 Å². The Morgan fingerprint density at radius 2 is 2.29 bits per heavy atom. The number of ether oxygens (including phenoxy) is 1. The maximum absolute atomic E-state index is 13.2. The van der Waals surface area contributed by atoms with E-state index < -0.39 is 0 Å². The highest BCUT2D eigenvalue weighted by Gasteiger charge is 2.00. The minimum atomic E-state index is -0.254. The molecule has 0 aliphatic heterocycles. The van der Waals surface area contributed by atoms with E-state index >= 15 is 0 Å². The number of anilines is 1. The number of halogens is 2. The molecule has 0 radical (unpaired) electrons. The van der Waals surface area contributed by atoms with Crippen LogP contribution in [0, 0.1) is 5.82 Å². The molecule has 1 aromatic carbocycles. The summed E-state index contributed by atoms with van der Waals surface area (Å²) in [7, 11) is 0. The maximum Gasteiger partial charge on any atom is 0.147 e. The Morgan fingerprint density at radius 1 is 1.50 bits per heavy atom. The molecule has 0 aliphatic rings. The highest BCUT2D eigenvalue weighted by molar-refractivity contribution is 9.10. The summed E-state index contributed by atoms with van der Waals surface area (Å²) in [5.41, 5.74) is 0.507. The fourth-order valence-electron chi connectivity index (χ4n) is 1.04. The van der Waals surface area contributed by atoms with Crippen molar-refractivity contribution in [1.82, 2.24) is 0 Å². The van der Waals surface area contributed by atoms with Gasteiger partial charge in [-0.15, -0.1) is 0 Å². The maximum atomic E-state index is 13.2. The zero-order valence-electron chi connectivity index (χ0n) is 8.02. The molecular weight excluding hydrogens is 249 g/mol. The molecule has 2 nitrogen and oxygen atoms in total. The van der Waals surface area contributed by atoms with Gasteiger partial charge in [0, 0.05) is 17.6 Å². The van der Waals surface area contributed by atoms with E-state index in [1.165, 1.54) is 6.07 Å². The van der Waals surface area contributed by atoms with Crippen LogP contribution in [0.5, 0.6) is 0 Å². The van der Waals surface area contributed by atoms with Gasteiger partial charge >= 0.3 is 0 Å². The lowest BCUT2D eigenvalue weighted by Crippen LogP contribution is -2.10. The molecule has 1 rings (SSSR count). The summed E-state index contributed by atoms with van der Waals surface area (Å²) < 4.78 is 19.1. The van der Waals surface area contributed by atoms with E-state index in [2.05, 4.69) is 21.2 Å². The summed E-state index contributed by atoms with van der Waals surface area (Å²) >= 11 is 3.20. The molecule has 78 valence electrons. The van der Waals surface area contributed by atoms with E-state index in [0.29, 0.717) is 25.4 Å². The van der Waals surface area contributed by atoms with Crippen LogP contribution in [-0.4, -0.2) is 19.8 Å². The number of hydrogen-bond acceptors (Lipinski definition) is 2. The second-order valence-electron chi connectivity index (χ2n) is 2.75. The van der Waals surface area contributed by atoms with Crippen LogP contribution in [0.4, 0.5) is 10.1 Å². The molecule has 0 spiro atoms. The molecule has 0 aromatic heterocycles. The molecule has 14 heavy (non-hydrogen) atoms. The molecule has 0 unspecified atom stereocenters. The lowest BCUT2D eigenvalue weighted by Gasteiger charge is -2.07. The van der Waals surface area contributed by atoms with Gasteiger partial charge in [0.1, 0.15) is 5.82 Å². The van der Waals surface area contributed by atoms with Crippen molar-refractivity contribution in [1.29, 1.82) is 0 Å². The van der Waals surface area contributed by atoms with E-state index in [1.54, 1.807) is 12.1 Å². The van der Waals surface area contributed by atoms with E-state index in [-0.39, 0.29) is 5.82 Å². The van der Waals surface area contributed by atoms with Crippen LogP contribution in [0.3, 0.4) is 0 Å². The van der Waals surface area contributed by atoms with E-state index in [0.717, 1.165) is 4.47 Å². The second kappa shape index (κ2) is 5.98. The third-order valence-corrected chi connectivity index (χ3v) is 2.19. The molecule has 0 saturated carbocycles. The zero-order chi connectivity index (χ0) is 10.4. The third kappa shape index (κ3) is 3.64. The van der Waals surface area contributed by atoms with Gasteiger partial charge in [-0.25, -0.2) is 4.39 Å². The van der Waals surface area contributed by atoms with Gasteiger partial charge in [0.25, 0.3) is 0 Å². The quantitative estimate of drug-likeness (QED) is 0.823. The van der Waals surface area contributed by atoms with Crippen LogP contribution in [0.1, 0.15) is 6.92 Å². The molecule has 4 heteroatoms. The standard InChI is InChI=1S/C10H13BrFNO/c1-2-14-6-5-13-10-4-3-8(11)7-9(10)12/h3-4,7,13H,2,5-6H2,1H3. The largest absolute Gasteiger partial charge is 0.380 e. The van der Waals surface area contributed by atoms with Crippen LogP contribution >= 0.6 is 15.9 Å². The minimum Gasteiger partial charge on any atom is -0.380 e. The molecule has 0 atom stereocenters. The molecule has 1 N–H and O–H groups in total. The Balaban J connectivity index is 2.42. The lowest BCUT2D eigenvalue weighted by atomic mass is 10.3. The highest BCUT2D eigenvalue weighted by atomic mass is 79.9. The highest BCUT2D eigenvalue weighted by Crippen LogP contribution is 2.18. The van der Waals surface area contributed by atoms with E-state index in [9.17, 15) is 4.39 Å². The molecule has 0 aliphatic carbocycles. The average Bonchev–Trinajstić information content (AvgIpc) is 2.15. The molecular formula is C10H13BrFNO. The SMILES string of the molecule is CCOCCNc1ccc(Br)cc1F. The first-order chi connectivity index (χ1) is 6.74. The molecule has 0 fully saturated rings. The number of rotatable bonds is 5. The first-order valence-corrected chi connectivity index (χ1v) is 5.30. The normalized spacial score (nSPS) is 10.2. The van der Waals surface area contributed by atoms with Gasteiger partial charge in [-0.3, -0.25) is 0 Å². The van der Waals surface area contributed by atoms with Crippen molar-refractivity contribution in [2.45, 2.75) is 6.92 Å². The predicted molar refractivity (Wildman–Crippen MR) is 59.1 cm³/mol. The first kappa shape index (κ1) is 11.5. The van der Waals surface area contributed by atoms with Crippen LogP contribution in [0.25, 0.3) is 0 Å². The van der Waals surface area contributed by atoms with Gasteiger partial charge < -0.3 is 10.1 Å². The Labute approximate surface area is 91.6 Å². The zero-order valence-corrected chi connectivity index (χ0v) is 9.60. The van der Waals surface area contributed by atoms with Crippen molar-refractivity contribution in [3.63, 3.8) is 0 Å². The predicted octanol–water partition coefficient (Wildman–Crippen LogP) is 3.04. The van der Waals surface area contributed by atoms with Gasteiger partial charge in [0.15, 0.2) is 0 Å². The molecule has 0 saturated heterocycles. The minimum absolute atomic E-state index is 0.254. The van der Waals surface area contributed by atoms with Gasteiger partial charge in [-0.1, -0.05) is 15.9 Å². The monoisotopic (exact) mass is 261 g/mol. The van der Waals surface area contributed by atoms with Crippen LogP contribution in [0.15, 0.2) is 22.7 Å². The number of benzene rings is 1. The number of hydrogen-bond donors (Lipinski definition) is 1. The molecule has 0 bridgehead atoms. The van der Waals surface area contributed by atoms with Crippen molar-refractivity contribution in [3.05, 3.63) is 28.5 Å². The lowest BCUT2D eigenvalue weighted by molar-refractivity contribution is 0.158. The van der Waals surface area contributed by atoms with Crippen LogP contribution in [-0.2, 0) is 4.74 Å². The van der Waals surface area contributed by atoms with Crippen molar-refractivity contribution in [2.24, 2.45) is 0 Å². The van der Waals surface area contributed by atoms with Gasteiger partial charge in [0.05, 0.1) is 12.3 Å². The smallest absolute Gasteiger partial charge is 0.147 e. The Hall–Kier alpha value is -0.610. The fourth-order valence-corrected chi connectivity index (χ4v) is 1.37. The summed E-state index contributed by atoms with van der Waals surface area (Å²) in [6.45, 7) is 3.82. The molecule has 0 amide bonds. The number of nitrogens with one attached hydrogen (secondary N) is 1. The first-order valence-electron chi connectivity index (χ1n) is 4.50. The summed E-state index contributed by atoms with van der Waals surface area (Å²) in [5, 5.41) is 2.95. The summed E-state index contributed by atoms with van der Waals surface area (Å²) in [4.78, 5) is 0. The van der Waals surface area contributed by atoms with Crippen LogP contribution < -0.4 is 5.32 Å². The Kier molecular flexibility index (Phi) is 4.90. The van der Waals surface area contributed by atoms with Gasteiger partial charge in [-0.2, -0.15) is 0 Å². The van der Waals surface area contributed by atoms with Gasteiger partial charge in [0.2, 0.25) is 0 Å². The Morgan fingerprint density at radius 3 is 2.93 bits per heavy atom. The van der Waals surface area contributed by atoms with E-state index in [4.69, 9.17) is 4.74 Å². The average molecular weight is 262 g/mol. The fraction of sp³-hybridized carbons (Fsp3) is 0.400. The summed E-state index contributed by atoms with van der Waals surface area (Å²) in [6.07, 6.45) is 0. The molecule has 0 heterocycles. The second-order valence-corrected chi connectivity index (χ2v) is 3.66. The van der Waals surface area contributed by atoms with E-state index in [1.807, 2.05) is 6.92 Å². The topological polar surface area (TPSA) is 21.3 Å². The molecule has 1 aromatic rings.